The summed E-state index contributed by atoms with van der Waals surface area (Å²) in [5.41, 5.74) is 1.37. The third kappa shape index (κ3) is 4.42. The number of amides is 2. The van der Waals surface area contributed by atoms with Crippen LogP contribution in [0.3, 0.4) is 0 Å². The van der Waals surface area contributed by atoms with Crippen LogP contribution in [-0.2, 0) is 4.79 Å². The van der Waals surface area contributed by atoms with Crippen LogP contribution in [-0.4, -0.2) is 53.3 Å². The van der Waals surface area contributed by atoms with Crippen LogP contribution in [0.2, 0.25) is 0 Å². The van der Waals surface area contributed by atoms with E-state index < -0.39 is 0 Å². The fraction of sp³-hybridized carbons (Fsp3) is 0.389. The van der Waals surface area contributed by atoms with E-state index in [1.54, 1.807) is 31.0 Å². The molecule has 2 amide bonds. The number of hydrogen-bond donors (Lipinski definition) is 0. The summed E-state index contributed by atoms with van der Waals surface area (Å²) in [7, 11) is 1.61. The van der Waals surface area contributed by atoms with E-state index in [0.29, 0.717) is 28.7 Å². The minimum Gasteiger partial charge on any atom is -0.342 e. The number of carbonyl (C=O) groups excluding carboxylic acids is 2. The van der Waals surface area contributed by atoms with Gasteiger partial charge in [-0.1, -0.05) is 0 Å². The van der Waals surface area contributed by atoms with Crippen molar-refractivity contribution < 1.29 is 14.0 Å². The Morgan fingerprint density at radius 2 is 1.76 bits per heavy atom. The van der Waals surface area contributed by atoms with E-state index in [2.05, 4.69) is 4.98 Å². The number of halogens is 1. The Morgan fingerprint density at radius 3 is 2.32 bits per heavy atom. The number of rotatable bonds is 6. The van der Waals surface area contributed by atoms with Crippen molar-refractivity contribution in [1.82, 2.24) is 14.8 Å². The molecular weight excluding hydrogens is 341 g/mol. The van der Waals surface area contributed by atoms with Gasteiger partial charge in [0.05, 0.1) is 12.2 Å². The van der Waals surface area contributed by atoms with Gasteiger partial charge in [-0.15, -0.1) is 11.3 Å². The largest absolute Gasteiger partial charge is 0.342 e. The van der Waals surface area contributed by atoms with Crippen LogP contribution in [0.1, 0.15) is 29.2 Å². The second kappa shape index (κ2) is 8.20. The number of carbonyl (C=O) groups is 2. The fourth-order valence-electron chi connectivity index (χ4n) is 2.44. The highest BCUT2D eigenvalue weighted by Gasteiger charge is 2.22. The molecule has 2 rings (SSSR count). The maximum atomic E-state index is 13.1. The van der Waals surface area contributed by atoms with Crippen molar-refractivity contribution in [2.45, 2.75) is 20.8 Å². The zero-order valence-electron chi connectivity index (χ0n) is 14.9. The number of thiazole rings is 1. The average molecular weight is 363 g/mol. The number of benzene rings is 1. The number of hydrogen-bond acceptors (Lipinski definition) is 4. The lowest BCUT2D eigenvalue weighted by Crippen LogP contribution is -2.41. The molecule has 0 saturated heterocycles. The monoisotopic (exact) mass is 363 g/mol. The minimum atomic E-state index is -0.317. The van der Waals surface area contributed by atoms with Crippen molar-refractivity contribution in [3.05, 3.63) is 40.7 Å². The third-order valence-electron chi connectivity index (χ3n) is 3.92. The predicted molar refractivity (Wildman–Crippen MR) is 97.1 cm³/mol. The molecule has 0 unspecified atom stereocenters. The Hall–Kier alpha value is -2.28. The molecule has 0 aliphatic heterocycles. The molecule has 0 aliphatic rings. The van der Waals surface area contributed by atoms with Crippen molar-refractivity contribution in [3.63, 3.8) is 0 Å². The summed E-state index contributed by atoms with van der Waals surface area (Å²) >= 11 is 1.25. The molecule has 0 radical (unpaired) electrons. The Labute approximate surface area is 151 Å². The minimum absolute atomic E-state index is 0.0315. The van der Waals surface area contributed by atoms with Crippen molar-refractivity contribution in [1.29, 1.82) is 0 Å². The molecule has 25 heavy (non-hydrogen) atoms. The molecule has 0 aliphatic carbocycles. The Kier molecular flexibility index (Phi) is 6.25. The molecule has 0 saturated carbocycles. The maximum Gasteiger partial charge on any atom is 0.266 e. The van der Waals surface area contributed by atoms with Gasteiger partial charge in [-0.25, -0.2) is 9.37 Å². The van der Waals surface area contributed by atoms with E-state index in [1.165, 1.54) is 28.4 Å². The molecule has 5 nitrogen and oxygen atoms in total. The highest BCUT2D eigenvalue weighted by atomic mass is 32.1. The molecular formula is C18H22FN3O2S. The molecule has 0 atom stereocenters. The molecule has 0 bridgehead atoms. The van der Waals surface area contributed by atoms with Crippen LogP contribution in [0.5, 0.6) is 0 Å². The molecule has 1 heterocycles. The topological polar surface area (TPSA) is 53.5 Å². The third-order valence-corrected chi connectivity index (χ3v) is 5.11. The number of aromatic nitrogens is 1. The number of likely N-dealkylation sites (N-methyl/N-ethyl adjacent to an activating group) is 2. The van der Waals surface area contributed by atoms with Gasteiger partial charge in [0.1, 0.15) is 15.7 Å². The van der Waals surface area contributed by atoms with Gasteiger partial charge in [0.15, 0.2) is 0 Å². The lowest BCUT2D eigenvalue weighted by molar-refractivity contribution is -0.131. The summed E-state index contributed by atoms with van der Waals surface area (Å²) in [6, 6.07) is 6.00. The summed E-state index contributed by atoms with van der Waals surface area (Å²) in [4.78, 5) is 32.9. The summed E-state index contributed by atoms with van der Waals surface area (Å²) in [5, 5.41) is 0.657. The molecule has 7 heteroatoms. The van der Waals surface area contributed by atoms with Crippen LogP contribution >= 0.6 is 11.3 Å². The van der Waals surface area contributed by atoms with Gasteiger partial charge in [0, 0.05) is 25.7 Å². The smallest absolute Gasteiger partial charge is 0.266 e. The van der Waals surface area contributed by atoms with Gasteiger partial charge in [0.25, 0.3) is 5.91 Å². The summed E-state index contributed by atoms with van der Waals surface area (Å²) < 4.78 is 13.1. The highest BCUT2D eigenvalue weighted by molar-refractivity contribution is 7.17. The molecule has 0 fully saturated rings. The summed E-state index contributed by atoms with van der Waals surface area (Å²) in [6.07, 6.45) is 0. The van der Waals surface area contributed by atoms with E-state index in [0.717, 1.165) is 5.56 Å². The normalized spacial score (nSPS) is 10.6. The Balaban J connectivity index is 2.16. The van der Waals surface area contributed by atoms with Crippen molar-refractivity contribution in [2.24, 2.45) is 0 Å². The van der Waals surface area contributed by atoms with Crippen molar-refractivity contribution in [3.8, 4) is 10.6 Å². The van der Waals surface area contributed by atoms with Gasteiger partial charge in [-0.05, 0) is 45.0 Å². The molecule has 0 N–H and O–H groups in total. The van der Waals surface area contributed by atoms with Crippen molar-refractivity contribution >= 4 is 23.2 Å². The van der Waals surface area contributed by atoms with Gasteiger partial charge < -0.3 is 9.80 Å². The van der Waals surface area contributed by atoms with Gasteiger partial charge >= 0.3 is 0 Å². The van der Waals surface area contributed by atoms with E-state index in [4.69, 9.17) is 0 Å². The lowest BCUT2D eigenvalue weighted by Gasteiger charge is -2.22. The average Bonchev–Trinajstić information content (AvgIpc) is 2.97. The van der Waals surface area contributed by atoms with Crippen LogP contribution in [0.25, 0.3) is 10.6 Å². The maximum absolute atomic E-state index is 13.1. The lowest BCUT2D eigenvalue weighted by atomic mass is 10.2. The van der Waals surface area contributed by atoms with Gasteiger partial charge in [-0.2, -0.15) is 0 Å². The van der Waals surface area contributed by atoms with Crippen LogP contribution in [0.15, 0.2) is 24.3 Å². The van der Waals surface area contributed by atoms with E-state index >= 15 is 0 Å². The molecule has 2 aromatic rings. The Morgan fingerprint density at radius 1 is 1.16 bits per heavy atom. The Bertz CT molecular complexity index is 754. The van der Waals surface area contributed by atoms with Crippen molar-refractivity contribution in [2.75, 3.05) is 26.7 Å². The molecule has 134 valence electrons. The number of nitrogens with zero attached hydrogens (tertiary/aromatic N) is 3. The summed E-state index contributed by atoms with van der Waals surface area (Å²) in [5.74, 6) is -0.631. The van der Waals surface area contributed by atoms with E-state index in [1.807, 2.05) is 13.8 Å². The van der Waals surface area contributed by atoms with E-state index in [-0.39, 0.29) is 24.2 Å². The van der Waals surface area contributed by atoms with Gasteiger partial charge in [-0.3, -0.25) is 9.59 Å². The second-order valence-electron chi connectivity index (χ2n) is 5.67. The zero-order chi connectivity index (χ0) is 18.6. The quantitative estimate of drug-likeness (QED) is 0.792. The first-order valence-corrected chi connectivity index (χ1v) is 8.95. The van der Waals surface area contributed by atoms with Crippen LogP contribution < -0.4 is 0 Å². The first kappa shape index (κ1) is 19.1. The first-order valence-electron chi connectivity index (χ1n) is 8.13. The highest BCUT2D eigenvalue weighted by Crippen LogP contribution is 2.28. The van der Waals surface area contributed by atoms with E-state index in [9.17, 15) is 14.0 Å². The second-order valence-corrected chi connectivity index (χ2v) is 6.67. The van der Waals surface area contributed by atoms with Crippen LogP contribution in [0, 0.1) is 12.7 Å². The standard InChI is InChI=1S/C18H22FN3O2S/c1-5-22(6-2)15(23)11-21(4)18(24)16-12(3)20-17(25-16)13-7-9-14(19)10-8-13/h7-10H,5-6,11H2,1-4H3. The molecule has 1 aromatic carbocycles. The predicted octanol–water partition coefficient (Wildman–Crippen LogP) is 3.20. The van der Waals surface area contributed by atoms with Gasteiger partial charge in [0.2, 0.25) is 5.91 Å². The number of aryl methyl sites for hydroxylation is 1. The SMILES string of the molecule is CCN(CC)C(=O)CN(C)C(=O)c1sc(-c2ccc(F)cc2)nc1C. The first-order chi connectivity index (χ1) is 11.9. The van der Waals surface area contributed by atoms with Crippen LogP contribution in [0.4, 0.5) is 4.39 Å². The zero-order valence-corrected chi connectivity index (χ0v) is 15.7. The fourth-order valence-corrected chi connectivity index (χ4v) is 3.50. The molecule has 0 spiro atoms. The summed E-state index contributed by atoms with van der Waals surface area (Å²) in [6.45, 7) is 6.84. The molecule has 1 aromatic heterocycles.